The molecular weight excluding hydrogens is 437 g/mol. The van der Waals surface area contributed by atoms with Crippen molar-refractivity contribution in [3.63, 3.8) is 0 Å². The van der Waals surface area contributed by atoms with E-state index in [4.69, 9.17) is 4.74 Å². The Hall–Kier alpha value is -2.99. The van der Waals surface area contributed by atoms with E-state index >= 15 is 0 Å². The van der Waals surface area contributed by atoms with Gasteiger partial charge >= 0.3 is 12.1 Å². The molecule has 31 heavy (non-hydrogen) atoms. The lowest BCUT2D eigenvalue weighted by molar-refractivity contribution is -0.159. The molecule has 3 heterocycles. The summed E-state index contributed by atoms with van der Waals surface area (Å²) in [7, 11) is -3.62. The Kier molecular flexibility index (Phi) is 5.43. The van der Waals surface area contributed by atoms with Crippen molar-refractivity contribution in [3.05, 3.63) is 54.0 Å². The number of nitrogens with zero attached hydrogens (tertiary/aromatic N) is 4. The molecule has 0 spiro atoms. The van der Waals surface area contributed by atoms with Gasteiger partial charge in [-0.2, -0.15) is 22.5 Å². The van der Waals surface area contributed by atoms with E-state index in [1.807, 2.05) is 13.0 Å². The highest BCUT2D eigenvalue weighted by Gasteiger charge is 2.38. The van der Waals surface area contributed by atoms with Gasteiger partial charge in [-0.05, 0) is 37.1 Å². The molecule has 1 fully saturated rings. The second-order valence-corrected chi connectivity index (χ2v) is 8.95. The molecule has 1 atom stereocenters. The standard InChI is InChI=1S/C19H17F3N4O4S/c1-12-3-2-4-15(9-12)31(27,28)26-8-7-14(11-26)29-16-6-5-13(10-23-16)17-24-18(30-25-17)19(20,21)22/h2-6,9-10,14H,7-8,11H2,1H3/t14-/m0/s1. The first-order valence-electron chi connectivity index (χ1n) is 9.24. The van der Waals surface area contributed by atoms with Crippen LogP contribution in [-0.2, 0) is 16.2 Å². The first kappa shape index (κ1) is 21.2. The van der Waals surface area contributed by atoms with Crippen LogP contribution in [0.4, 0.5) is 13.2 Å². The average molecular weight is 454 g/mol. The third-order valence-corrected chi connectivity index (χ3v) is 6.55. The molecule has 4 rings (SSSR count). The molecule has 0 aliphatic carbocycles. The highest BCUT2D eigenvalue weighted by molar-refractivity contribution is 7.89. The van der Waals surface area contributed by atoms with Crippen LogP contribution in [0, 0.1) is 6.92 Å². The predicted molar refractivity (Wildman–Crippen MR) is 102 cm³/mol. The zero-order valence-electron chi connectivity index (χ0n) is 16.2. The molecule has 12 heteroatoms. The lowest BCUT2D eigenvalue weighted by atomic mass is 10.2. The fourth-order valence-corrected chi connectivity index (χ4v) is 4.74. The number of aryl methyl sites for hydroxylation is 1. The maximum Gasteiger partial charge on any atom is 0.471 e. The highest BCUT2D eigenvalue weighted by Crippen LogP contribution is 2.30. The topological polar surface area (TPSA) is 98.4 Å². The SMILES string of the molecule is Cc1cccc(S(=O)(=O)N2CC[C@H](Oc3ccc(-c4noc(C(F)(F)F)n4)cn3)C2)c1. The average Bonchev–Trinajstić information content (AvgIpc) is 3.38. The molecule has 1 aliphatic rings. The maximum absolute atomic E-state index is 12.8. The Morgan fingerprint density at radius 3 is 2.68 bits per heavy atom. The Morgan fingerprint density at radius 2 is 2.03 bits per heavy atom. The summed E-state index contributed by atoms with van der Waals surface area (Å²) >= 11 is 0. The van der Waals surface area contributed by atoms with Crippen LogP contribution in [0.25, 0.3) is 11.4 Å². The fourth-order valence-electron chi connectivity index (χ4n) is 3.15. The first-order chi connectivity index (χ1) is 14.6. The molecule has 0 amide bonds. The zero-order chi connectivity index (χ0) is 22.2. The van der Waals surface area contributed by atoms with Gasteiger partial charge in [-0.3, -0.25) is 0 Å². The molecule has 0 N–H and O–H groups in total. The number of hydrogen-bond acceptors (Lipinski definition) is 7. The Bertz CT molecular complexity index is 1180. The second kappa shape index (κ2) is 7.93. The van der Waals surface area contributed by atoms with Crippen molar-refractivity contribution in [2.24, 2.45) is 0 Å². The largest absolute Gasteiger partial charge is 0.473 e. The van der Waals surface area contributed by atoms with E-state index < -0.39 is 28.2 Å². The Balaban J connectivity index is 1.41. The summed E-state index contributed by atoms with van der Waals surface area (Å²) in [6.45, 7) is 2.30. The van der Waals surface area contributed by atoms with Crippen molar-refractivity contribution in [2.45, 2.75) is 30.5 Å². The molecule has 0 bridgehead atoms. The van der Waals surface area contributed by atoms with E-state index in [2.05, 4.69) is 19.6 Å². The van der Waals surface area contributed by atoms with Crippen LogP contribution in [-0.4, -0.2) is 47.0 Å². The number of halogens is 3. The van der Waals surface area contributed by atoms with Gasteiger partial charge in [0, 0.05) is 24.4 Å². The predicted octanol–water partition coefficient (Wildman–Crippen LogP) is 3.30. The van der Waals surface area contributed by atoms with Gasteiger partial charge < -0.3 is 9.26 Å². The maximum atomic E-state index is 12.8. The van der Waals surface area contributed by atoms with E-state index in [0.717, 1.165) is 5.56 Å². The summed E-state index contributed by atoms with van der Waals surface area (Å²) < 4.78 is 74.7. The smallest absolute Gasteiger partial charge is 0.471 e. The molecule has 164 valence electrons. The summed E-state index contributed by atoms with van der Waals surface area (Å²) in [4.78, 5) is 7.58. The lowest BCUT2D eigenvalue weighted by Gasteiger charge is -2.17. The number of pyridine rings is 1. The van der Waals surface area contributed by atoms with Gasteiger partial charge in [0.15, 0.2) is 0 Å². The monoisotopic (exact) mass is 454 g/mol. The minimum Gasteiger partial charge on any atom is -0.473 e. The third-order valence-electron chi connectivity index (χ3n) is 4.69. The van der Waals surface area contributed by atoms with Crippen molar-refractivity contribution in [3.8, 4) is 17.3 Å². The minimum atomic E-state index is -4.73. The summed E-state index contributed by atoms with van der Waals surface area (Å²) in [6.07, 6.45) is -3.39. The van der Waals surface area contributed by atoms with E-state index in [0.29, 0.717) is 13.0 Å². The van der Waals surface area contributed by atoms with Crippen molar-refractivity contribution in [1.29, 1.82) is 0 Å². The molecule has 0 saturated carbocycles. The van der Waals surface area contributed by atoms with Crippen molar-refractivity contribution in [2.75, 3.05) is 13.1 Å². The molecule has 1 aromatic carbocycles. The molecule has 8 nitrogen and oxygen atoms in total. The summed E-state index contributed by atoms with van der Waals surface area (Å²) in [5, 5.41) is 3.30. The van der Waals surface area contributed by atoms with Crippen molar-refractivity contribution in [1.82, 2.24) is 19.4 Å². The fraction of sp³-hybridized carbons (Fsp3) is 0.316. The molecule has 2 aromatic heterocycles. The molecule has 1 aliphatic heterocycles. The summed E-state index contributed by atoms with van der Waals surface area (Å²) in [5.74, 6) is -1.48. The van der Waals surface area contributed by atoms with E-state index in [9.17, 15) is 21.6 Å². The number of rotatable bonds is 5. The Morgan fingerprint density at radius 1 is 1.23 bits per heavy atom. The number of sulfonamides is 1. The molecule has 0 unspecified atom stereocenters. The van der Waals surface area contributed by atoms with Gasteiger partial charge in [-0.25, -0.2) is 13.4 Å². The summed E-state index contributed by atoms with van der Waals surface area (Å²) in [6, 6.07) is 9.59. The third kappa shape index (κ3) is 4.54. The highest BCUT2D eigenvalue weighted by atomic mass is 32.2. The van der Waals surface area contributed by atoms with E-state index in [1.165, 1.54) is 22.6 Å². The molecular formula is C19H17F3N4O4S. The minimum absolute atomic E-state index is 0.166. The number of hydrogen-bond donors (Lipinski definition) is 0. The van der Waals surface area contributed by atoms with E-state index in [-0.39, 0.29) is 28.7 Å². The van der Waals surface area contributed by atoms with Crippen LogP contribution in [0.2, 0.25) is 0 Å². The van der Waals surface area contributed by atoms with Gasteiger partial charge in [0.25, 0.3) is 0 Å². The van der Waals surface area contributed by atoms with Crippen molar-refractivity contribution >= 4 is 10.0 Å². The first-order valence-corrected chi connectivity index (χ1v) is 10.7. The lowest BCUT2D eigenvalue weighted by Crippen LogP contribution is -2.31. The normalized spacial score (nSPS) is 17.7. The number of aromatic nitrogens is 3. The summed E-state index contributed by atoms with van der Waals surface area (Å²) in [5.41, 5.74) is 1.07. The van der Waals surface area contributed by atoms with Gasteiger partial charge in [0.05, 0.1) is 11.4 Å². The van der Waals surface area contributed by atoms with Gasteiger partial charge in [-0.15, -0.1) is 0 Å². The number of benzene rings is 1. The van der Waals surface area contributed by atoms with Crippen LogP contribution in [0.1, 0.15) is 17.9 Å². The molecule has 3 aromatic rings. The van der Waals surface area contributed by atoms with Crippen LogP contribution < -0.4 is 4.74 Å². The number of alkyl halides is 3. The van der Waals surface area contributed by atoms with Gasteiger partial charge in [0.1, 0.15) is 6.10 Å². The van der Waals surface area contributed by atoms with Gasteiger partial charge in [0.2, 0.25) is 21.7 Å². The van der Waals surface area contributed by atoms with Crippen LogP contribution in [0.15, 0.2) is 52.0 Å². The number of ether oxygens (including phenoxy) is 1. The van der Waals surface area contributed by atoms with E-state index in [1.54, 1.807) is 18.2 Å². The Labute approximate surface area is 175 Å². The quantitative estimate of drug-likeness (QED) is 0.583. The van der Waals surface area contributed by atoms with Crippen LogP contribution in [0.5, 0.6) is 5.88 Å². The second-order valence-electron chi connectivity index (χ2n) is 7.01. The van der Waals surface area contributed by atoms with Crippen LogP contribution in [0.3, 0.4) is 0 Å². The molecule has 1 saturated heterocycles. The van der Waals surface area contributed by atoms with Crippen LogP contribution >= 0.6 is 0 Å². The van der Waals surface area contributed by atoms with Crippen molar-refractivity contribution < 1.29 is 30.8 Å². The van der Waals surface area contributed by atoms with Gasteiger partial charge in [-0.1, -0.05) is 17.3 Å². The molecule has 0 radical (unpaired) electrons. The zero-order valence-corrected chi connectivity index (χ0v) is 17.0.